The Morgan fingerprint density at radius 1 is 0.893 bits per heavy atom. The Kier molecular flexibility index (Phi) is 5.88. The van der Waals surface area contributed by atoms with Crippen molar-refractivity contribution in [2.24, 2.45) is 0 Å². The Labute approximate surface area is 165 Å². The molecule has 3 nitrogen and oxygen atoms in total. The van der Waals surface area contributed by atoms with E-state index in [1.807, 2.05) is 24.3 Å². The molecule has 1 atom stereocenters. The summed E-state index contributed by atoms with van der Waals surface area (Å²) in [5.41, 5.74) is 3.24. The van der Waals surface area contributed by atoms with E-state index in [1.165, 1.54) is 17.2 Å². The van der Waals surface area contributed by atoms with E-state index >= 15 is 0 Å². The Hall–Kier alpha value is -2.85. The number of hydrogen-bond donors (Lipinski definition) is 1. The molecule has 28 heavy (non-hydrogen) atoms. The summed E-state index contributed by atoms with van der Waals surface area (Å²) in [5.74, 6) is 1.80. The van der Waals surface area contributed by atoms with Crippen molar-refractivity contribution in [1.29, 1.82) is 0 Å². The average molecular weight is 377 g/mol. The zero-order valence-corrected chi connectivity index (χ0v) is 15.7. The van der Waals surface area contributed by atoms with Gasteiger partial charge in [0.05, 0.1) is 0 Å². The van der Waals surface area contributed by atoms with E-state index in [1.54, 1.807) is 6.07 Å². The summed E-state index contributed by atoms with van der Waals surface area (Å²) in [7, 11) is 0. The molecular formula is C24H24FNO2. The minimum absolute atomic E-state index is 0.161. The molecule has 0 spiro atoms. The van der Waals surface area contributed by atoms with E-state index < -0.39 is 0 Å². The SMILES string of the molecule is Fc1ccccc1CNCC[C@@H](Cc1ccccc1)c1ccc2c(c1)OCO2. The lowest BCUT2D eigenvalue weighted by molar-refractivity contribution is 0.174. The molecule has 0 saturated heterocycles. The standard InChI is InChI=1S/C24H24FNO2/c25-22-9-5-4-8-21(22)16-26-13-12-20(14-18-6-2-1-3-7-18)19-10-11-23-24(15-19)28-17-27-23/h1-11,15,20,26H,12-14,16-17H2/t20-/m0/s1. The second-order valence-corrected chi connectivity index (χ2v) is 7.06. The van der Waals surface area contributed by atoms with Crippen LogP contribution in [0.25, 0.3) is 0 Å². The molecule has 0 radical (unpaired) electrons. The summed E-state index contributed by atoms with van der Waals surface area (Å²) in [6, 6.07) is 23.6. The number of benzene rings is 3. The highest BCUT2D eigenvalue weighted by Gasteiger charge is 2.18. The summed E-state index contributed by atoms with van der Waals surface area (Å²) in [6.45, 7) is 1.62. The van der Waals surface area contributed by atoms with Crippen LogP contribution in [0.5, 0.6) is 11.5 Å². The monoisotopic (exact) mass is 377 g/mol. The van der Waals surface area contributed by atoms with E-state index in [0.29, 0.717) is 18.0 Å². The fourth-order valence-electron chi connectivity index (χ4n) is 3.59. The highest BCUT2D eigenvalue weighted by Crippen LogP contribution is 2.36. The summed E-state index contributed by atoms with van der Waals surface area (Å²) < 4.78 is 24.8. The van der Waals surface area contributed by atoms with Crippen LogP contribution in [0.4, 0.5) is 4.39 Å². The predicted octanol–water partition coefficient (Wildman–Crippen LogP) is 5.06. The van der Waals surface area contributed by atoms with Gasteiger partial charge in [0.25, 0.3) is 0 Å². The maximum Gasteiger partial charge on any atom is 0.231 e. The smallest absolute Gasteiger partial charge is 0.231 e. The summed E-state index contributed by atoms with van der Waals surface area (Å²) in [6.07, 6.45) is 1.89. The van der Waals surface area contributed by atoms with Crippen molar-refractivity contribution >= 4 is 0 Å². The van der Waals surface area contributed by atoms with Crippen LogP contribution in [0.1, 0.15) is 29.0 Å². The number of fused-ring (bicyclic) bond motifs is 1. The van der Waals surface area contributed by atoms with Gasteiger partial charge in [-0.25, -0.2) is 4.39 Å². The first-order valence-corrected chi connectivity index (χ1v) is 9.67. The average Bonchev–Trinajstić information content (AvgIpc) is 3.20. The van der Waals surface area contributed by atoms with Crippen LogP contribution in [-0.4, -0.2) is 13.3 Å². The second-order valence-electron chi connectivity index (χ2n) is 7.06. The lowest BCUT2D eigenvalue weighted by Gasteiger charge is -2.19. The molecule has 0 saturated carbocycles. The van der Waals surface area contributed by atoms with Gasteiger partial charge in [0.1, 0.15) is 5.82 Å². The molecule has 1 N–H and O–H groups in total. The summed E-state index contributed by atoms with van der Waals surface area (Å²) in [5, 5.41) is 3.38. The molecule has 3 aromatic rings. The third-order valence-electron chi connectivity index (χ3n) is 5.14. The molecule has 0 bridgehead atoms. The second kappa shape index (κ2) is 8.89. The minimum atomic E-state index is -0.161. The summed E-state index contributed by atoms with van der Waals surface area (Å²) >= 11 is 0. The predicted molar refractivity (Wildman–Crippen MR) is 108 cm³/mol. The fraction of sp³-hybridized carbons (Fsp3) is 0.250. The molecule has 0 aromatic heterocycles. The number of halogens is 1. The van der Waals surface area contributed by atoms with E-state index in [9.17, 15) is 4.39 Å². The quantitative estimate of drug-likeness (QED) is 0.557. The van der Waals surface area contributed by atoms with Crippen molar-refractivity contribution in [2.45, 2.75) is 25.3 Å². The van der Waals surface area contributed by atoms with Gasteiger partial charge < -0.3 is 14.8 Å². The van der Waals surface area contributed by atoms with Gasteiger partial charge in [0.2, 0.25) is 6.79 Å². The summed E-state index contributed by atoms with van der Waals surface area (Å²) in [4.78, 5) is 0. The van der Waals surface area contributed by atoms with Crippen LogP contribution in [0, 0.1) is 5.82 Å². The molecule has 4 rings (SSSR count). The van der Waals surface area contributed by atoms with Gasteiger partial charge in [-0.3, -0.25) is 0 Å². The van der Waals surface area contributed by atoms with Crippen LogP contribution in [0.3, 0.4) is 0 Å². The van der Waals surface area contributed by atoms with Crippen LogP contribution in [0.15, 0.2) is 72.8 Å². The highest BCUT2D eigenvalue weighted by molar-refractivity contribution is 5.45. The molecule has 1 aliphatic heterocycles. The van der Waals surface area contributed by atoms with Crippen molar-refractivity contribution in [2.75, 3.05) is 13.3 Å². The van der Waals surface area contributed by atoms with Crippen molar-refractivity contribution in [3.8, 4) is 11.5 Å². The van der Waals surface area contributed by atoms with Gasteiger partial charge in [-0.2, -0.15) is 0 Å². The molecule has 0 unspecified atom stereocenters. The molecule has 1 heterocycles. The molecule has 4 heteroatoms. The Bertz CT molecular complexity index is 913. The first-order chi connectivity index (χ1) is 13.8. The molecule has 0 amide bonds. The van der Waals surface area contributed by atoms with Crippen molar-refractivity contribution in [1.82, 2.24) is 5.32 Å². The van der Waals surface area contributed by atoms with Crippen molar-refractivity contribution in [3.05, 3.63) is 95.3 Å². The Morgan fingerprint density at radius 3 is 2.54 bits per heavy atom. The van der Waals surface area contributed by atoms with Crippen LogP contribution >= 0.6 is 0 Å². The van der Waals surface area contributed by atoms with Gasteiger partial charge in [0, 0.05) is 12.1 Å². The van der Waals surface area contributed by atoms with E-state index in [4.69, 9.17) is 9.47 Å². The van der Waals surface area contributed by atoms with E-state index in [0.717, 1.165) is 30.9 Å². The van der Waals surface area contributed by atoms with Crippen LogP contribution < -0.4 is 14.8 Å². The molecule has 144 valence electrons. The third-order valence-corrected chi connectivity index (χ3v) is 5.14. The number of ether oxygens (including phenoxy) is 2. The maximum absolute atomic E-state index is 13.8. The van der Waals surface area contributed by atoms with E-state index in [2.05, 4.69) is 41.7 Å². The van der Waals surface area contributed by atoms with Gasteiger partial charge in [-0.1, -0.05) is 54.6 Å². The minimum Gasteiger partial charge on any atom is -0.454 e. The molecule has 3 aromatic carbocycles. The van der Waals surface area contributed by atoms with Gasteiger partial charge >= 0.3 is 0 Å². The molecular weight excluding hydrogens is 353 g/mol. The van der Waals surface area contributed by atoms with Crippen molar-refractivity contribution in [3.63, 3.8) is 0 Å². The van der Waals surface area contributed by atoms with Gasteiger partial charge in [0.15, 0.2) is 11.5 Å². The fourth-order valence-corrected chi connectivity index (χ4v) is 3.59. The van der Waals surface area contributed by atoms with Gasteiger partial charge in [-0.05, 0) is 54.6 Å². The van der Waals surface area contributed by atoms with Crippen LogP contribution in [0.2, 0.25) is 0 Å². The number of nitrogens with one attached hydrogen (secondary N) is 1. The Morgan fingerprint density at radius 2 is 1.68 bits per heavy atom. The lowest BCUT2D eigenvalue weighted by Crippen LogP contribution is -2.19. The molecule has 0 aliphatic carbocycles. The topological polar surface area (TPSA) is 30.5 Å². The maximum atomic E-state index is 13.8. The largest absolute Gasteiger partial charge is 0.454 e. The zero-order chi connectivity index (χ0) is 19.2. The van der Waals surface area contributed by atoms with Crippen molar-refractivity contribution < 1.29 is 13.9 Å². The number of rotatable bonds is 8. The van der Waals surface area contributed by atoms with E-state index in [-0.39, 0.29) is 12.6 Å². The van der Waals surface area contributed by atoms with Crippen LogP contribution in [-0.2, 0) is 13.0 Å². The normalized spacial score (nSPS) is 13.5. The zero-order valence-electron chi connectivity index (χ0n) is 15.7. The first kappa shape index (κ1) is 18.5. The molecule has 0 fully saturated rings. The molecule has 1 aliphatic rings. The Balaban J connectivity index is 1.43. The third kappa shape index (κ3) is 4.52. The highest BCUT2D eigenvalue weighted by atomic mass is 19.1. The first-order valence-electron chi connectivity index (χ1n) is 9.67. The number of hydrogen-bond acceptors (Lipinski definition) is 3. The lowest BCUT2D eigenvalue weighted by atomic mass is 9.89. The van der Waals surface area contributed by atoms with Gasteiger partial charge in [-0.15, -0.1) is 0 Å².